The summed E-state index contributed by atoms with van der Waals surface area (Å²) in [7, 11) is 0. The Kier molecular flexibility index (Phi) is 4.77. The standard InChI is InChI=1S/C20H25FN2O2/c21-9-12-23-10-7-20(8-11-23)14-18(22-15-16-4-3-13-24-16)17-5-1-2-6-19(17)25-20/h1-6,13,18,22H,7-12,14-15H2/t18-/m1/s1. The Bertz CT molecular complexity index is 681. The lowest BCUT2D eigenvalue weighted by atomic mass is 9.80. The fraction of sp³-hybridized carbons (Fsp3) is 0.500. The zero-order valence-corrected chi connectivity index (χ0v) is 14.4. The van der Waals surface area contributed by atoms with Gasteiger partial charge in [-0.3, -0.25) is 0 Å². The maximum absolute atomic E-state index is 12.6. The van der Waals surface area contributed by atoms with Crippen LogP contribution in [0.2, 0.25) is 0 Å². The van der Waals surface area contributed by atoms with Crippen molar-refractivity contribution in [2.45, 2.75) is 37.5 Å². The van der Waals surface area contributed by atoms with E-state index in [0.717, 1.165) is 43.9 Å². The van der Waals surface area contributed by atoms with Crippen molar-refractivity contribution in [2.75, 3.05) is 26.3 Å². The van der Waals surface area contributed by atoms with Gasteiger partial charge in [0.25, 0.3) is 0 Å². The summed E-state index contributed by atoms with van der Waals surface area (Å²) < 4.78 is 24.5. The quantitative estimate of drug-likeness (QED) is 0.897. The number of ether oxygens (including phenoxy) is 1. The number of nitrogens with zero attached hydrogens (tertiary/aromatic N) is 1. The van der Waals surface area contributed by atoms with Crippen LogP contribution in [0.15, 0.2) is 47.1 Å². The number of halogens is 1. The first-order valence-electron chi connectivity index (χ1n) is 9.10. The van der Waals surface area contributed by atoms with Gasteiger partial charge >= 0.3 is 0 Å². The van der Waals surface area contributed by atoms with E-state index in [1.54, 1.807) is 6.26 Å². The van der Waals surface area contributed by atoms with Gasteiger partial charge in [0.05, 0.1) is 12.8 Å². The second-order valence-corrected chi connectivity index (χ2v) is 7.07. The van der Waals surface area contributed by atoms with E-state index >= 15 is 0 Å². The van der Waals surface area contributed by atoms with E-state index in [4.69, 9.17) is 9.15 Å². The Balaban J connectivity index is 1.50. The maximum Gasteiger partial charge on any atom is 0.124 e. The van der Waals surface area contributed by atoms with Crippen molar-refractivity contribution in [1.29, 1.82) is 0 Å². The van der Waals surface area contributed by atoms with Crippen LogP contribution in [0.1, 0.15) is 36.6 Å². The molecule has 1 atom stereocenters. The first kappa shape index (κ1) is 16.6. The number of alkyl halides is 1. The summed E-state index contributed by atoms with van der Waals surface area (Å²) in [5, 5.41) is 3.64. The summed E-state index contributed by atoms with van der Waals surface area (Å²) in [4.78, 5) is 2.19. The fourth-order valence-electron chi connectivity index (χ4n) is 4.05. The summed E-state index contributed by atoms with van der Waals surface area (Å²) >= 11 is 0. The largest absolute Gasteiger partial charge is 0.487 e. The van der Waals surface area contributed by atoms with Gasteiger partial charge in [0.1, 0.15) is 23.8 Å². The molecule has 134 valence electrons. The number of hydrogen-bond acceptors (Lipinski definition) is 4. The van der Waals surface area contributed by atoms with Crippen LogP contribution in [-0.4, -0.2) is 36.8 Å². The topological polar surface area (TPSA) is 37.6 Å². The maximum atomic E-state index is 12.6. The molecule has 1 fully saturated rings. The lowest BCUT2D eigenvalue weighted by Gasteiger charge is -2.47. The smallest absolute Gasteiger partial charge is 0.124 e. The summed E-state index contributed by atoms with van der Waals surface area (Å²) in [5.41, 5.74) is 1.06. The molecule has 0 saturated carbocycles. The lowest BCUT2D eigenvalue weighted by Crippen LogP contribution is -2.52. The van der Waals surface area contributed by atoms with Crippen LogP contribution >= 0.6 is 0 Å². The van der Waals surface area contributed by atoms with Crippen molar-refractivity contribution < 1.29 is 13.5 Å². The molecule has 25 heavy (non-hydrogen) atoms. The number of benzene rings is 1. The Morgan fingerprint density at radius 3 is 2.76 bits per heavy atom. The van der Waals surface area contributed by atoms with Gasteiger partial charge in [0.2, 0.25) is 0 Å². The normalized spacial score (nSPS) is 22.5. The van der Waals surface area contributed by atoms with E-state index in [-0.39, 0.29) is 18.3 Å². The summed E-state index contributed by atoms with van der Waals surface area (Å²) in [5.74, 6) is 1.92. The summed E-state index contributed by atoms with van der Waals surface area (Å²) in [6.45, 7) is 2.76. The van der Waals surface area contributed by atoms with Crippen molar-refractivity contribution in [1.82, 2.24) is 10.2 Å². The molecule has 1 saturated heterocycles. The number of piperidine rings is 1. The summed E-state index contributed by atoms with van der Waals surface area (Å²) in [6, 6.07) is 12.4. The minimum Gasteiger partial charge on any atom is -0.487 e. The van der Waals surface area contributed by atoms with Crippen molar-refractivity contribution >= 4 is 0 Å². The molecular formula is C20H25FN2O2. The zero-order valence-electron chi connectivity index (χ0n) is 14.4. The number of likely N-dealkylation sites (tertiary alicyclic amines) is 1. The Morgan fingerprint density at radius 2 is 2.00 bits per heavy atom. The molecule has 2 aliphatic heterocycles. The first-order chi connectivity index (χ1) is 12.3. The monoisotopic (exact) mass is 344 g/mol. The lowest BCUT2D eigenvalue weighted by molar-refractivity contribution is -0.0264. The molecule has 0 radical (unpaired) electrons. The van der Waals surface area contributed by atoms with Crippen molar-refractivity contribution in [3.05, 3.63) is 54.0 Å². The number of nitrogens with one attached hydrogen (secondary N) is 1. The van der Waals surface area contributed by atoms with Crippen molar-refractivity contribution in [2.24, 2.45) is 0 Å². The van der Waals surface area contributed by atoms with Crippen LogP contribution in [-0.2, 0) is 6.54 Å². The fourth-order valence-corrected chi connectivity index (χ4v) is 4.05. The highest BCUT2D eigenvalue weighted by atomic mass is 19.1. The van der Waals surface area contributed by atoms with Crippen LogP contribution in [0.3, 0.4) is 0 Å². The average Bonchev–Trinajstić information content (AvgIpc) is 3.16. The van der Waals surface area contributed by atoms with E-state index in [2.05, 4.69) is 28.4 Å². The molecule has 2 aromatic rings. The van der Waals surface area contributed by atoms with E-state index in [1.807, 2.05) is 18.2 Å². The molecule has 0 aliphatic carbocycles. The molecule has 1 spiro atoms. The van der Waals surface area contributed by atoms with Gasteiger partial charge < -0.3 is 19.4 Å². The number of hydrogen-bond donors (Lipinski definition) is 1. The molecule has 0 unspecified atom stereocenters. The van der Waals surface area contributed by atoms with Gasteiger partial charge in [-0.2, -0.15) is 0 Å². The predicted octanol–water partition coefficient (Wildman–Crippen LogP) is 3.70. The Labute approximate surface area is 148 Å². The van der Waals surface area contributed by atoms with Crippen molar-refractivity contribution in [3.63, 3.8) is 0 Å². The van der Waals surface area contributed by atoms with Gasteiger partial charge in [0.15, 0.2) is 0 Å². The van der Waals surface area contributed by atoms with Crippen LogP contribution in [0.4, 0.5) is 4.39 Å². The van der Waals surface area contributed by atoms with E-state index in [0.29, 0.717) is 13.1 Å². The molecule has 1 aromatic carbocycles. The molecule has 1 aromatic heterocycles. The van der Waals surface area contributed by atoms with Crippen LogP contribution in [0.25, 0.3) is 0 Å². The SMILES string of the molecule is FCCN1CCC2(CC1)C[C@@H](NCc1ccco1)c1ccccc1O2. The molecule has 3 heterocycles. The van der Waals surface area contributed by atoms with Crippen LogP contribution in [0.5, 0.6) is 5.75 Å². The molecular weight excluding hydrogens is 319 g/mol. The number of para-hydroxylation sites is 1. The molecule has 1 N–H and O–H groups in total. The van der Waals surface area contributed by atoms with Gasteiger partial charge in [-0.25, -0.2) is 4.39 Å². The van der Waals surface area contributed by atoms with Crippen LogP contribution < -0.4 is 10.1 Å². The minimum atomic E-state index is -0.274. The Morgan fingerprint density at radius 1 is 1.16 bits per heavy atom. The third-order valence-electron chi connectivity index (χ3n) is 5.47. The third kappa shape index (κ3) is 3.58. The third-order valence-corrected chi connectivity index (χ3v) is 5.47. The molecule has 0 bridgehead atoms. The van der Waals surface area contributed by atoms with E-state index in [9.17, 15) is 4.39 Å². The molecule has 5 heteroatoms. The van der Waals surface area contributed by atoms with E-state index < -0.39 is 0 Å². The highest BCUT2D eigenvalue weighted by molar-refractivity contribution is 5.39. The highest BCUT2D eigenvalue weighted by Gasteiger charge is 2.43. The minimum absolute atomic E-state index is 0.151. The number of rotatable bonds is 5. The molecule has 4 nitrogen and oxygen atoms in total. The second kappa shape index (κ2) is 7.18. The molecule has 2 aliphatic rings. The predicted molar refractivity (Wildman–Crippen MR) is 94.4 cm³/mol. The molecule has 4 rings (SSSR count). The molecule has 0 amide bonds. The van der Waals surface area contributed by atoms with Gasteiger partial charge in [-0.15, -0.1) is 0 Å². The van der Waals surface area contributed by atoms with Crippen molar-refractivity contribution in [3.8, 4) is 5.75 Å². The average molecular weight is 344 g/mol. The number of furan rings is 1. The van der Waals surface area contributed by atoms with Crippen LogP contribution in [0, 0.1) is 0 Å². The summed E-state index contributed by atoms with van der Waals surface area (Å²) in [6.07, 6.45) is 4.53. The number of fused-ring (bicyclic) bond motifs is 1. The van der Waals surface area contributed by atoms with Gasteiger partial charge in [-0.05, 0) is 31.0 Å². The zero-order chi connectivity index (χ0) is 17.1. The van der Waals surface area contributed by atoms with Gasteiger partial charge in [-0.1, -0.05) is 18.2 Å². The first-order valence-corrected chi connectivity index (χ1v) is 9.10. The van der Waals surface area contributed by atoms with E-state index in [1.165, 1.54) is 5.56 Å². The second-order valence-electron chi connectivity index (χ2n) is 7.07. The van der Waals surface area contributed by atoms with Gasteiger partial charge in [0, 0.05) is 37.7 Å². The Hall–Kier alpha value is -1.85. The highest BCUT2D eigenvalue weighted by Crippen LogP contribution is 2.44.